The number of nitrogens with zero attached hydrogens (tertiary/aromatic N) is 4. The molecule has 3 N–H and O–H groups in total. The van der Waals surface area contributed by atoms with Gasteiger partial charge >= 0.3 is 12.1 Å². The maximum absolute atomic E-state index is 12.8. The second-order valence-electron chi connectivity index (χ2n) is 8.21. The first-order valence-electron chi connectivity index (χ1n) is 11.5. The van der Waals surface area contributed by atoms with Crippen LogP contribution < -0.4 is 20.9 Å². The predicted molar refractivity (Wildman–Crippen MR) is 140 cm³/mol. The van der Waals surface area contributed by atoms with Gasteiger partial charge in [-0.1, -0.05) is 42.5 Å². The minimum Gasteiger partial charge on any atom is -0.460 e. The number of fused-ring (bicyclic) bond motifs is 1. The van der Waals surface area contributed by atoms with Gasteiger partial charge in [0, 0.05) is 31.4 Å². The lowest BCUT2D eigenvalue weighted by Gasteiger charge is -2.21. The molecule has 2 heterocycles. The molecule has 0 aliphatic heterocycles. The van der Waals surface area contributed by atoms with Crippen molar-refractivity contribution in [3.63, 3.8) is 0 Å². The second-order valence-corrected chi connectivity index (χ2v) is 8.21. The summed E-state index contributed by atoms with van der Waals surface area (Å²) in [5, 5.41) is 4.76. The molecule has 0 aliphatic carbocycles. The summed E-state index contributed by atoms with van der Waals surface area (Å²) < 4.78 is 16.6. The highest BCUT2D eigenvalue weighted by Gasteiger charge is 2.21. The molecule has 0 unspecified atom stereocenters. The Hall–Kier alpha value is -4.64. The van der Waals surface area contributed by atoms with Gasteiger partial charge < -0.3 is 29.8 Å². The Bertz CT molecular complexity index is 1400. The van der Waals surface area contributed by atoms with Crippen molar-refractivity contribution in [3.8, 4) is 11.5 Å². The lowest BCUT2D eigenvalue weighted by atomic mass is 10.0. The molecule has 4 aromatic rings. The van der Waals surface area contributed by atoms with E-state index in [0.717, 1.165) is 16.3 Å². The third-order valence-corrected chi connectivity index (χ3v) is 5.55. The van der Waals surface area contributed by atoms with Crippen molar-refractivity contribution in [2.24, 2.45) is 0 Å². The number of esters is 1. The number of benzene rings is 2. The van der Waals surface area contributed by atoms with Crippen molar-refractivity contribution >= 4 is 40.4 Å². The minimum atomic E-state index is -0.666. The molecule has 2 aromatic heterocycles. The van der Waals surface area contributed by atoms with Gasteiger partial charge in [0.1, 0.15) is 12.4 Å². The van der Waals surface area contributed by atoms with Crippen LogP contribution in [0.15, 0.2) is 65.2 Å². The van der Waals surface area contributed by atoms with Gasteiger partial charge in [-0.15, -0.1) is 0 Å². The van der Waals surface area contributed by atoms with Crippen LogP contribution in [0.5, 0.6) is 0 Å². The first-order valence-corrected chi connectivity index (χ1v) is 11.5. The Morgan fingerprint density at radius 1 is 1.05 bits per heavy atom. The van der Waals surface area contributed by atoms with Gasteiger partial charge in [0.15, 0.2) is 12.5 Å². The van der Waals surface area contributed by atoms with E-state index >= 15 is 0 Å². The van der Waals surface area contributed by atoms with Crippen molar-refractivity contribution in [2.45, 2.75) is 6.61 Å². The molecule has 0 saturated carbocycles. The van der Waals surface area contributed by atoms with Gasteiger partial charge in [-0.2, -0.15) is 4.98 Å². The number of anilines is 3. The number of hydrogen-bond acceptors (Lipinski definition) is 10. The zero-order valence-corrected chi connectivity index (χ0v) is 20.8. The van der Waals surface area contributed by atoms with Crippen LogP contribution in [0.1, 0.15) is 5.56 Å². The first kappa shape index (κ1) is 25.5. The number of hydrogen-bond donors (Lipinski definition) is 2. The van der Waals surface area contributed by atoms with E-state index in [9.17, 15) is 9.59 Å². The van der Waals surface area contributed by atoms with Crippen molar-refractivity contribution in [2.75, 3.05) is 50.0 Å². The van der Waals surface area contributed by atoms with Crippen LogP contribution in [0.25, 0.3) is 22.2 Å². The monoisotopic (exact) mass is 504 g/mol. The molecule has 0 atom stereocenters. The number of likely N-dealkylation sites (N-methyl/N-ethyl adjacent to an activating group) is 1. The molecule has 2 aromatic carbocycles. The van der Waals surface area contributed by atoms with Crippen LogP contribution in [-0.4, -0.2) is 56.4 Å². The van der Waals surface area contributed by atoms with Gasteiger partial charge in [0.05, 0.1) is 6.54 Å². The smallest absolute Gasteiger partial charge is 0.416 e. The largest absolute Gasteiger partial charge is 0.460 e. The van der Waals surface area contributed by atoms with Crippen LogP contribution in [-0.2, 0) is 20.9 Å². The summed E-state index contributed by atoms with van der Waals surface area (Å²) in [7, 11) is 4.84. The highest BCUT2D eigenvalue weighted by atomic mass is 16.6. The summed E-state index contributed by atoms with van der Waals surface area (Å²) in [5.41, 5.74) is 7.49. The zero-order valence-electron chi connectivity index (χ0n) is 20.8. The van der Waals surface area contributed by atoms with Gasteiger partial charge in [-0.3, -0.25) is 9.69 Å². The summed E-state index contributed by atoms with van der Waals surface area (Å²) in [4.78, 5) is 35.9. The number of amides is 1. The van der Waals surface area contributed by atoms with E-state index in [-0.39, 0.29) is 31.6 Å². The fraction of sp³-hybridized carbons (Fsp3) is 0.231. The van der Waals surface area contributed by atoms with Crippen molar-refractivity contribution < 1.29 is 23.5 Å². The SMILES string of the molecule is CNCC(=O)OCc1cccnc1N(C)C(=O)OCN(C)c1oc(-c2cccc3ccccc23)nc1N. The first-order chi connectivity index (χ1) is 17.9. The molecule has 0 spiro atoms. The summed E-state index contributed by atoms with van der Waals surface area (Å²) >= 11 is 0. The van der Waals surface area contributed by atoms with E-state index in [2.05, 4.69) is 15.3 Å². The molecule has 11 nitrogen and oxygen atoms in total. The Morgan fingerprint density at radius 2 is 1.84 bits per heavy atom. The normalized spacial score (nSPS) is 10.8. The maximum Gasteiger partial charge on any atom is 0.416 e. The van der Waals surface area contributed by atoms with Crippen LogP contribution in [0.2, 0.25) is 0 Å². The number of aromatic nitrogens is 2. The molecule has 0 radical (unpaired) electrons. The third-order valence-electron chi connectivity index (χ3n) is 5.55. The quantitative estimate of drug-likeness (QED) is 0.258. The minimum absolute atomic E-state index is 0.0350. The zero-order chi connectivity index (χ0) is 26.4. The van der Waals surface area contributed by atoms with E-state index in [4.69, 9.17) is 19.6 Å². The van der Waals surface area contributed by atoms with Gasteiger partial charge in [0.25, 0.3) is 0 Å². The number of ether oxygens (including phenoxy) is 2. The lowest BCUT2D eigenvalue weighted by Crippen LogP contribution is -2.33. The van der Waals surface area contributed by atoms with Crippen LogP contribution >= 0.6 is 0 Å². The molecule has 37 heavy (non-hydrogen) atoms. The molecular weight excluding hydrogens is 476 g/mol. The average Bonchev–Trinajstić information content (AvgIpc) is 3.31. The average molecular weight is 505 g/mol. The summed E-state index contributed by atoms with van der Waals surface area (Å²) in [6.45, 7) is -0.115. The van der Waals surface area contributed by atoms with Crippen molar-refractivity contribution in [1.82, 2.24) is 15.3 Å². The molecule has 1 amide bonds. The Labute approximate surface area is 213 Å². The molecule has 0 bridgehead atoms. The Balaban J connectivity index is 1.43. The number of carbonyl (C=O) groups is 2. The highest BCUT2D eigenvalue weighted by Crippen LogP contribution is 2.33. The Kier molecular flexibility index (Phi) is 7.84. The van der Waals surface area contributed by atoms with E-state index < -0.39 is 12.1 Å². The summed E-state index contributed by atoms with van der Waals surface area (Å²) in [6.07, 6.45) is 0.870. The van der Waals surface area contributed by atoms with E-state index in [1.165, 1.54) is 18.1 Å². The number of rotatable bonds is 9. The van der Waals surface area contributed by atoms with Crippen LogP contribution in [0, 0.1) is 0 Å². The molecule has 0 aliphatic rings. The van der Waals surface area contributed by atoms with E-state index in [1.807, 2.05) is 42.5 Å². The van der Waals surface area contributed by atoms with Crippen molar-refractivity contribution in [3.05, 3.63) is 66.4 Å². The van der Waals surface area contributed by atoms with Gasteiger partial charge in [-0.05, 0) is 30.0 Å². The number of carbonyl (C=O) groups excluding carboxylic acids is 2. The molecule has 192 valence electrons. The lowest BCUT2D eigenvalue weighted by molar-refractivity contribution is -0.143. The van der Waals surface area contributed by atoms with Gasteiger partial charge in [-0.25, -0.2) is 9.78 Å². The van der Waals surface area contributed by atoms with Crippen LogP contribution in [0.4, 0.5) is 22.3 Å². The van der Waals surface area contributed by atoms with E-state index in [1.54, 1.807) is 31.1 Å². The standard InChI is InChI=1S/C26H28N6O5/c1-28-14-21(33)35-15-18-10-7-13-29-23(18)32(3)26(34)36-16-31(2)25-22(27)30-24(37-25)20-12-6-9-17-8-4-5-11-19(17)20/h4-13,28H,14-16,27H2,1-3H3. The van der Waals surface area contributed by atoms with Gasteiger partial charge in [0.2, 0.25) is 11.8 Å². The van der Waals surface area contributed by atoms with Crippen molar-refractivity contribution in [1.29, 1.82) is 0 Å². The number of oxazole rings is 1. The molecule has 11 heteroatoms. The molecule has 4 rings (SSSR count). The summed E-state index contributed by atoms with van der Waals surface area (Å²) in [6, 6.07) is 17.2. The topological polar surface area (TPSA) is 136 Å². The molecule has 0 saturated heterocycles. The number of nitrogen functional groups attached to an aromatic ring is 1. The number of pyridine rings is 1. The Morgan fingerprint density at radius 3 is 2.65 bits per heavy atom. The maximum atomic E-state index is 12.8. The number of nitrogens with two attached hydrogens (primary N) is 1. The predicted octanol–water partition coefficient (Wildman–Crippen LogP) is 3.40. The third kappa shape index (κ3) is 5.78. The molecular formula is C26H28N6O5. The molecule has 0 fully saturated rings. The number of nitrogens with one attached hydrogen (secondary N) is 1. The summed E-state index contributed by atoms with van der Waals surface area (Å²) in [5.74, 6) is 0.700. The van der Waals surface area contributed by atoms with Crippen LogP contribution in [0.3, 0.4) is 0 Å². The second kappa shape index (κ2) is 11.4. The fourth-order valence-electron chi connectivity index (χ4n) is 3.72. The highest BCUT2D eigenvalue weighted by molar-refractivity contribution is 5.95. The van der Waals surface area contributed by atoms with E-state index in [0.29, 0.717) is 17.3 Å². The fourth-order valence-corrected chi connectivity index (χ4v) is 3.72.